The van der Waals surface area contributed by atoms with Gasteiger partial charge in [0.2, 0.25) is 0 Å². The van der Waals surface area contributed by atoms with Crippen molar-refractivity contribution < 1.29 is 4.79 Å². The van der Waals surface area contributed by atoms with Gasteiger partial charge in [-0.1, -0.05) is 17.4 Å². The third-order valence-electron chi connectivity index (χ3n) is 4.45. The lowest BCUT2D eigenvalue weighted by molar-refractivity contribution is 0.103. The first-order valence-electron chi connectivity index (χ1n) is 8.93. The fourth-order valence-electron chi connectivity index (χ4n) is 2.97. The molecule has 0 aliphatic heterocycles. The van der Waals surface area contributed by atoms with Crippen molar-refractivity contribution in [3.8, 4) is 6.07 Å². The highest BCUT2D eigenvalue weighted by molar-refractivity contribution is 7.17. The van der Waals surface area contributed by atoms with Crippen LogP contribution in [0.1, 0.15) is 27.3 Å². The van der Waals surface area contributed by atoms with Crippen LogP contribution >= 0.6 is 11.3 Å². The van der Waals surface area contributed by atoms with Crippen molar-refractivity contribution in [2.45, 2.75) is 26.8 Å². The molecule has 0 aliphatic rings. The Hall–Kier alpha value is -3.71. The lowest BCUT2D eigenvalue weighted by Gasteiger charge is -2.08. The Morgan fingerprint density at radius 1 is 1.34 bits per heavy atom. The van der Waals surface area contributed by atoms with Crippen LogP contribution in [0.3, 0.4) is 0 Å². The molecule has 9 nitrogen and oxygen atoms in total. The molecule has 0 aliphatic carbocycles. The normalized spacial score (nSPS) is 10.8. The molecule has 1 aromatic carbocycles. The van der Waals surface area contributed by atoms with Gasteiger partial charge < -0.3 is 10.6 Å². The molecule has 0 unspecified atom stereocenters. The maximum absolute atomic E-state index is 12.7. The van der Waals surface area contributed by atoms with E-state index in [-0.39, 0.29) is 5.91 Å². The molecule has 0 spiro atoms. The van der Waals surface area contributed by atoms with Crippen molar-refractivity contribution in [3.63, 3.8) is 0 Å². The number of rotatable bonds is 6. The van der Waals surface area contributed by atoms with Gasteiger partial charge in [0.25, 0.3) is 5.91 Å². The van der Waals surface area contributed by atoms with Crippen LogP contribution < -0.4 is 10.6 Å². The minimum atomic E-state index is -0.233. The average molecular weight is 406 g/mol. The topological polar surface area (TPSA) is 124 Å². The molecule has 0 radical (unpaired) electrons. The third-order valence-corrected chi connectivity index (χ3v) is 5.36. The maximum atomic E-state index is 12.7. The fraction of sp³-hybridized carbons (Fsp3) is 0.211. The summed E-state index contributed by atoms with van der Waals surface area (Å²) in [5.74, 6) is 0.392. The van der Waals surface area contributed by atoms with E-state index in [0.717, 1.165) is 27.8 Å². The standard InChI is InChI=1S/C19H18N8OS/c1-11-4-5-14-13(9-22-25-14)17(11)24-18(28)15-10-21-19(29-15)23-16-8-12(2)27(26-16)7-3-6-20/h4-5,8-10H,3,7H2,1-2H3,(H,22,25)(H,24,28)(H,21,23,26). The number of carbonyl (C=O) groups excluding carboxylic acids is 1. The average Bonchev–Trinajstić information content (AvgIpc) is 3.43. The van der Waals surface area contributed by atoms with E-state index < -0.39 is 0 Å². The Labute approximate surface area is 170 Å². The smallest absolute Gasteiger partial charge is 0.267 e. The Bertz CT molecular complexity index is 1230. The number of hydrogen-bond acceptors (Lipinski definition) is 7. The minimum absolute atomic E-state index is 0.233. The van der Waals surface area contributed by atoms with Crippen LogP contribution in [0.2, 0.25) is 0 Å². The predicted octanol–water partition coefficient (Wildman–Crippen LogP) is 3.74. The number of carbonyl (C=O) groups is 1. The van der Waals surface area contributed by atoms with Gasteiger partial charge in [-0.2, -0.15) is 15.5 Å². The van der Waals surface area contributed by atoms with Gasteiger partial charge in [0, 0.05) is 17.1 Å². The summed E-state index contributed by atoms with van der Waals surface area (Å²) in [4.78, 5) is 17.5. The van der Waals surface area contributed by atoms with Crippen molar-refractivity contribution in [1.82, 2.24) is 25.0 Å². The first-order valence-corrected chi connectivity index (χ1v) is 9.75. The van der Waals surface area contributed by atoms with Gasteiger partial charge in [-0.05, 0) is 25.5 Å². The minimum Gasteiger partial charge on any atom is -0.320 e. The number of fused-ring (bicyclic) bond motifs is 1. The lowest BCUT2D eigenvalue weighted by atomic mass is 10.1. The molecular formula is C19H18N8OS. The number of aromatic nitrogens is 5. The summed E-state index contributed by atoms with van der Waals surface area (Å²) in [6, 6.07) is 7.85. The summed E-state index contributed by atoms with van der Waals surface area (Å²) in [6.07, 6.45) is 3.63. The molecule has 0 saturated heterocycles. The summed E-state index contributed by atoms with van der Waals surface area (Å²) in [5, 5.41) is 27.6. The van der Waals surface area contributed by atoms with Gasteiger partial charge in [-0.15, -0.1) is 0 Å². The Morgan fingerprint density at radius 3 is 3.03 bits per heavy atom. The summed E-state index contributed by atoms with van der Waals surface area (Å²) < 4.78 is 1.77. The van der Waals surface area contributed by atoms with E-state index in [1.165, 1.54) is 17.5 Å². The zero-order valence-corrected chi connectivity index (χ0v) is 16.7. The Kier molecular flexibility index (Phi) is 4.97. The number of anilines is 3. The van der Waals surface area contributed by atoms with Crippen LogP contribution in [0, 0.1) is 25.2 Å². The molecule has 0 saturated carbocycles. The van der Waals surface area contributed by atoms with Crippen LogP contribution in [0.5, 0.6) is 0 Å². The Morgan fingerprint density at radius 2 is 2.21 bits per heavy atom. The summed E-state index contributed by atoms with van der Waals surface area (Å²) >= 11 is 1.24. The molecule has 3 heterocycles. The third kappa shape index (κ3) is 3.81. The number of nitrogens with zero attached hydrogens (tertiary/aromatic N) is 5. The number of aryl methyl sites for hydroxylation is 3. The SMILES string of the molecule is Cc1ccc2[nH]ncc2c1NC(=O)c1cnc(Nc2cc(C)n(CCC#N)n2)s1. The summed E-state index contributed by atoms with van der Waals surface area (Å²) in [5.41, 5.74) is 3.49. The summed E-state index contributed by atoms with van der Waals surface area (Å²) in [6.45, 7) is 4.40. The summed E-state index contributed by atoms with van der Waals surface area (Å²) in [7, 11) is 0. The zero-order chi connectivity index (χ0) is 20.4. The molecule has 1 amide bonds. The number of thiazole rings is 1. The number of H-pyrrole nitrogens is 1. The largest absolute Gasteiger partial charge is 0.320 e. The van der Waals surface area contributed by atoms with E-state index >= 15 is 0 Å². The van der Waals surface area contributed by atoms with Gasteiger partial charge >= 0.3 is 0 Å². The van der Waals surface area contributed by atoms with Crippen molar-refractivity contribution in [3.05, 3.63) is 46.7 Å². The van der Waals surface area contributed by atoms with E-state index in [1.54, 1.807) is 10.9 Å². The van der Waals surface area contributed by atoms with E-state index in [0.29, 0.717) is 28.8 Å². The van der Waals surface area contributed by atoms with E-state index in [9.17, 15) is 4.79 Å². The highest BCUT2D eigenvalue weighted by Crippen LogP contribution is 2.28. The quantitative estimate of drug-likeness (QED) is 0.448. The maximum Gasteiger partial charge on any atom is 0.267 e. The van der Waals surface area contributed by atoms with Crippen LogP contribution in [0.4, 0.5) is 16.6 Å². The van der Waals surface area contributed by atoms with Crippen LogP contribution in [-0.2, 0) is 6.54 Å². The van der Waals surface area contributed by atoms with Crippen molar-refractivity contribution in [2.24, 2.45) is 0 Å². The van der Waals surface area contributed by atoms with Gasteiger partial charge in [-0.3, -0.25) is 14.6 Å². The number of nitriles is 1. The molecule has 4 rings (SSSR count). The molecule has 4 aromatic rings. The van der Waals surface area contributed by atoms with Gasteiger partial charge in [0.15, 0.2) is 10.9 Å². The van der Waals surface area contributed by atoms with Gasteiger partial charge in [0.05, 0.1) is 42.6 Å². The highest BCUT2D eigenvalue weighted by atomic mass is 32.1. The van der Waals surface area contributed by atoms with E-state index in [2.05, 4.69) is 37.0 Å². The van der Waals surface area contributed by atoms with Crippen molar-refractivity contribution >= 4 is 44.8 Å². The lowest BCUT2D eigenvalue weighted by Crippen LogP contribution is -2.11. The van der Waals surface area contributed by atoms with Crippen LogP contribution in [-0.4, -0.2) is 30.9 Å². The first-order chi connectivity index (χ1) is 14.0. The van der Waals surface area contributed by atoms with Crippen LogP contribution in [0.25, 0.3) is 10.9 Å². The number of benzene rings is 1. The monoisotopic (exact) mass is 406 g/mol. The molecule has 0 fully saturated rings. The zero-order valence-electron chi connectivity index (χ0n) is 15.9. The van der Waals surface area contributed by atoms with Gasteiger partial charge in [0.1, 0.15) is 4.88 Å². The predicted molar refractivity (Wildman–Crippen MR) is 111 cm³/mol. The molecule has 3 aromatic heterocycles. The molecule has 0 atom stereocenters. The number of amides is 1. The molecule has 3 N–H and O–H groups in total. The molecular weight excluding hydrogens is 388 g/mol. The number of hydrogen-bond donors (Lipinski definition) is 3. The van der Waals surface area contributed by atoms with Gasteiger partial charge in [-0.25, -0.2) is 4.98 Å². The molecule has 29 heavy (non-hydrogen) atoms. The number of aromatic amines is 1. The first kappa shape index (κ1) is 18.6. The molecule has 10 heteroatoms. The second kappa shape index (κ2) is 7.73. The van der Waals surface area contributed by atoms with E-state index in [4.69, 9.17) is 5.26 Å². The Balaban J connectivity index is 1.49. The van der Waals surface area contributed by atoms with E-state index in [1.807, 2.05) is 32.0 Å². The molecule has 0 bridgehead atoms. The number of nitrogens with one attached hydrogen (secondary N) is 3. The van der Waals surface area contributed by atoms with Crippen molar-refractivity contribution in [1.29, 1.82) is 5.26 Å². The second-order valence-electron chi connectivity index (χ2n) is 6.50. The highest BCUT2D eigenvalue weighted by Gasteiger charge is 2.15. The van der Waals surface area contributed by atoms with Crippen molar-refractivity contribution in [2.75, 3.05) is 10.6 Å². The fourth-order valence-corrected chi connectivity index (χ4v) is 3.69. The van der Waals surface area contributed by atoms with Crippen LogP contribution in [0.15, 0.2) is 30.6 Å². The second-order valence-corrected chi connectivity index (χ2v) is 7.53. The molecule has 146 valence electrons.